The smallest absolute Gasteiger partial charge is 0.261 e. The molecule has 1 aliphatic heterocycles. The van der Waals surface area contributed by atoms with Gasteiger partial charge >= 0.3 is 0 Å². The van der Waals surface area contributed by atoms with Gasteiger partial charge in [-0.1, -0.05) is 24.3 Å². The molecule has 0 saturated carbocycles. The average molecular weight is 461 g/mol. The summed E-state index contributed by atoms with van der Waals surface area (Å²) < 4.78 is 31.5. The van der Waals surface area contributed by atoms with E-state index in [0.717, 1.165) is 38.2 Å². The number of ether oxygens (including phenoxy) is 1. The molecule has 176 valence electrons. The Balaban J connectivity index is 0.000000523. The first-order valence-electron chi connectivity index (χ1n) is 11.3. The van der Waals surface area contributed by atoms with Gasteiger partial charge in [0, 0.05) is 32.4 Å². The van der Waals surface area contributed by atoms with Crippen molar-refractivity contribution in [2.45, 2.75) is 38.0 Å². The van der Waals surface area contributed by atoms with Gasteiger partial charge in [-0.15, -0.1) is 0 Å². The Kier molecular flexibility index (Phi) is 8.20. The summed E-state index contributed by atoms with van der Waals surface area (Å²) in [4.78, 5) is 4.89. The molecule has 0 radical (unpaired) electrons. The van der Waals surface area contributed by atoms with Gasteiger partial charge in [0.1, 0.15) is 5.75 Å². The van der Waals surface area contributed by atoms with Crippen LogP contribution in [-0.4, -0.2) is 65.0 Å². The molecule has 0 spiro atoms. The summed E-state index contributed by atoms with van der Waals surface area (Å²) in [6, 6.07) is 13.6. The lowest BCUT2D eigenvalue weighted by Crippen LogP contribution is -2.28. The number of anilines is 1. The third-order valence-electron chi connectivity index (χ3n) is 6.40. The van der Waals surface area contributed by atoms with Crippen molar-refractivity contribution in [1.29, 1.82) is 0 Å². The lowest BCUT2D eigenvalue weighted by atomic mass is 9.82. The second-order valence-corrected chi connectivity index (χ2v) is 10.5. The zero-order valence-electron chi connectivity index (χ0n) is 19.7. The Morgan fingerprint density at radius 2 is 1.97 bits per heavy atom. The molecule has 1 unspecified atom stereocenters. The average Bonchev–Trinajstić information content (AvgIpc) is 3.11. The van der Waals surface area contributed by atoms with Gasteiger partial charge in [-0.3, -0.25) is 4.55 Å². The number of methoxy groups -OCH3 is 1. The molecule has 0 saturated heterocycles. The highest BCUT2D eigenvalue weighted by Gasteiger charge is 2.23. The first-order valence-corrected chi connectivity index (χ1v) is 13.1. The van der Waals surface area contributed by atoms with E-state index < -0.39 is 10.1 Å². The normalized spacial score (nSPS) is 17.4. The number of rotatable bonds is 6. The minimum absolute atomic E-state index is 0.625. The van der Waals surface area contributed by atoms with E-state index >= 15 is 0 Å². The molecule has 0 fully saturated rings. The van der Waals surface area contributed by atoms with E-state index in [9.17, 15) is 8.42 Å². The molecule has 0 aromatic heterocycles. The van der Waals surface area contributed by atoms with Crippen LogP contribution in [0, 0.1) is 0 Å². The fraction of sp³-hybridized carbons (Fsp3) is 0.520. The van der Waals surface area contributed by atoms with Gasteiger partial charge in [-0.05, 0) is 79.5 Å². The van der Waals surface area contributed by atoms with Crippen LogP contribution in [0.3, 0.4) is 0 Å². The number of hydrogen-bond donors (Lipinski definition) is 1. The number of hydrogen-bond acceptors (Lipinski definition) is 5. The van der Waals surface area contributed by atoms with Crippen molar-refractivity contribution in [3.8, 4) is 5.75 Å². The first-order chi connectivity index (χ1) is 15.2. The van der Waals surface area contributed by atoms with Gasteiger partial charge in [-0.2, -0.15) is 8.42 Å². The molecule has 0 amide bonds. The van der Waals surface area contributed by atoms with Gasteiger partial charge in [0.05, 0.1) is 13.4 Å². The Morgan fingerprint density at radius 1 is 1.22 bits per heavy atom. The van der Waals surface area contributed by atoms with Crippen LogP contribution in [-0.2, 0) is 29.4 Å². The quantitative estimate of drug-likeness (QED) is 0.662. The highest BCUT2D eigenvalue weighted by atomic mass is 32.2. The molecule has 1 heterocycles. The lowest BCUT2D eigenvalue weighted by molar-refractivity contribution is 0.299. The van der Waals surface area contributed by atoms with Crippen LogP contribution in [0.25, 0.3) is 0 Å². The standard InChI is InChI=1S/C24H32N2O.CH4O3S/c1-25(14-12-18-10-11-19-13-15-26(2)23(19)16-18)17-20-6-4-8-22-21(20)7-5-9-24(22)27-3;1-5(2,3)4/h5,7,9-11,16,20H,4,6,8,12-15,17H2,1-3H3;1H3,(H,2,3,4). The van der Waals surface area contributed by atoms with Crippen LogP contribution in [0.1, 0.15) is 41.0 Å². The van der Waals surface area contributed by atoms with Crippen molar-refractivity contribution in [2.24, 2.45) is 0 Å². The Labute approximate surface area is 192 Å². The fourth-order valence-corrected chi connectivity index (χ4v) is 4.82. The summed E-state index contributed by atoms with van der Waals surface area (Å²) in [6.45, 7) is 3.40. The molecule has 32 heavy (non-hydrogen) atoms. The SMILES string of the molecule is COc1cccc2c1CCCC2CN(C)CCc1ccc2c(c1)N(C)CC2.CS(=O)(=O)O. The second-order valence-electron chi connectivity index (χ2n) is 9.00. The van der Waals surface area contributed by atoms with Crippen LogP contribution in [0.15, 0.2) is 36.4 Å². The van der Waals surface area contributed by atoms with Crippen LogP contribution < -0.4 is 9.64 Å². The molecule has 4 rings (SSSR count). The zero-order valence-corrected chi connectivity index (χ0v) is 20.5. The van der Waals surface area contributed by atoms with E-state index in [2.05, 4.69) is 60.3 Å². The molecule has 1 atom stereocenters. The van der Waals surface area contributed by atoms with E-state index in [0.29, 0.717) is 12.2 Å². The van der Waals surface area contributed by atoms with E-state index in [-0.39, 0.29) is 0 Å². The largest absolute Gasteiger partial charge is 0.496 e. The van der Waals surface area contributed by atoms with Gasteiger partial charge in [-0.25, -0.2) is 0 Å². The van der Waals surface area contributed by atoms with Crippen LogP contribution in [0.2, 0.25) is 0 Å². The molecule has 2 aliphatic rings. The van der Waals surface area contributed by atoms with Crippen molar-refractivity contribution in [2.75, 3.05) is 52.0 Å². The number of benzene rings is 2. The van der Waals surface area contributed by atoms with Crippen molar-refractivity contribution in [1.82, 2.24) is 4.90 Å². The topological polar surface area (TPSA) is 70.1 Å². The molecule has 2 aromatic carbocycles. The molecule has 2 aromatic rings. The highest BCUT2D eigenvalue weighted by molar-refractivity contribution is 7.85. The summed E-state index contributed by atoms with van der Waals surface area (Å²) in [5.74, 6) is 1.70. The van der Waals surface area contributed by atoms with Gasteiger partial charge < -0.3 is 14.5 Å². The number of nitrogens with zero attached hydrogens (tertiary/aromatic N) is 2. The van der Waals surface area contributed by atoms with Crippen molar-refractivity contribution in [3.63, 3.8) is 0 Å². The summed E-state index contributed by atoms with van der Waals surface area (Å²) in [5.41, 5.74) is 7.34. The maximum Gasteiger partial charge on any atom is 0.261 e. The van der Waals surface area contributed by atoms with E-state index in [1.165, 1.54) is 47.2 Å². The highest BCUT2D eigenvalue weighted by Crippen LogP contribution is 2.37. The van der Waals surface area contributed by atoms with Gasteiger partial charge in [0.2, 0.25) is 0 Å². The molecule has 7 heteroatoms. The Hall–Kier alpha value is -2.09. The van der Waals surface area contributed by atoms with Gasteiger partial charge in [0.25, 0.3) is 10.1 Å². The van der Waals surface area contributed by atoms with Crippen molar-refractivity contribution < 1.29 is 17.7 Å². The maximum atomic E-state index is 9.19. The number of fused-ring (bicyclic) bond motifs is 2. The minimum atomic E-state index is -3.67. The van der Waals surface area contributed by atoms with E-state index in [1.807, 2.05) is 0 Å². The fourth-order valence-electron chi connectivity index (χ4n) is 4.82. The third kappa shape index (κ3) is 6.70. The van der Waals surface area contributed by atoms with Crippen molar-refractivity contribution >= 4 is 15.8 Å². The summed E-state index contributed by atoms with van der Waals surface area (Å²) in [6.07, 6.45) is 6.73. The maximum absolute atomic E-state index is 9.19. The zero-order chi connectivity index (χ0) is 23.3. The molecule has 0 bridgehead atoms. The predicted molar refractivity (Wildman–Crippen MR) is 131 cm³/mol. The van der Waals surface area contributed by atoms with Crippen LogP contribution in [0.4, 0.5) is 5.69 Å². The summed E-state index contributed by atoms with van der Waals surface area (Å²) in [5, 5.41) is 0. The molecular weight excluding hydrogens is 424 g/mol. The summed E-state index contributed by atoms with van der Waals surface area (Å²) >= 11 is 0. The molecule has 6 nitrogen and oxygen atoms in total. The third-order valence-corrected chi connectivity index (χ3v) is 6.40. The Morgan fingerprint density at radius 3 is 2.69 bits per heavy atom. The van der Waals surface area contributed by atoms with Crippen molar-refractivity contribution in [3.05, 3.63) is 58.7 Å². The molecule has 1 N–H and O–H groups in total. The monoisotopic (exact) mass is 460 g/mol. The minimum Gasteiger partial charge on any atom is -0.496 e. The summed E-state index contributed by atoms with van der Waals surface area (Å²) in [7, 11) is 2.60. The van der Waals surface area contributed by atoms with Crippen LogP contribution >= 0.6 is 0 Å². The Bertz CT molecular complexity index is 1010. The van der Waals surface area contributed by atoms with E-state index in [1.54, 1.807) is 7.11 Å². The molecular formula is C25H36N2O4S. The van der Waals surface area contributed by atoms with Gasteiger partial charge in [0.15, 0.2) is 0 Å². The number of likely N-dealkylation sites (N-methyl/N-ethyl adjacent to an activating group) is 2. The molecule has 1 aliphatic carbocycles. The predicted octanol–water partition coefficient (Wildman–Crippen LogP) is 3.79. The lowest BCUT2D eigenvalue weighted by Gasteiger charge is -2.30. The van der Waals surface area contributed by atoms with E-state index in [4.69, 9.17) is 9.29 Å². The van der Waals surface area contributed by atoms with Crippen LogP contribution in [0.5, 0.6) is 5.75 Å². The second kappa shape index (κ2) is 10.7. The first kappa shape index (κ1) is 24.6.